The van der Waals surface area contributed by atoms with Crippen LogP contribution >= 0.6 is 11.6 Å². The molecule has 4 rings (SSSR count). The first-order valence-corrected chi connectivity index (χ1v) is 10.9. The Morgan fingerprint density at radius 3 is 2.55 bits per heavy atom. The van der Waals surface area contributed by atoms with Crippen molar-refractivity contribution in [2.45, 2.75) is 13.8 Å². The smallest absolute Gasteiger partial charge is 0.248 e. The van der Waals surface area contributed by atoms with E-state index < -0.39 is 0 Å². The third kappa shape index (κ3) is 4.89. The van der Waals surface area contributed by atoms with Gasteiger partial charge >= 0.3 is 0 Å². The van der Waals surface area contributed by atoms with E-state index in [1.54, 1.807) is 43.7 Å². The van der Waals surface area contributed by atoms with Crippen LogP contribution in [-0.2, 0) is 4.79 Å². The molecule has 0 aliphatic carbocycles. The summed E-state index contributed by atoms with van der Waals surface area (Å²) in [5, 5.41) is 4.37. The minimum absolute atomic E-state index is 0.241. The highest BCUT2D eigenvalue weighted by Gasteiger charge is 2.17. The first-order chi connectivity index (χ1) is 16.0. The van der Waals surface area contributed by atoms with Crippen LogP contribution in [0.15, 0.2) is 77.4 Å². The van der Waals surface area contributed by atoms with Gasteiger partial charge in [0, 0.05) is 44.9 Å². The van der Waals surface area contributed by atoms with Crippen molar-refractivity contribution in [2.24, 2.45) is 0 Å². The zero-order chi connectivity index (χ0) is 23.4. The van der Waals surface area contributed by atoms with Crippen molar-refractivity contribution in [1.82, 2.24) is 0 Å². The Kier molecular flexibility index (Phi) is 6.71. The Labute approximate surface area is 197 Å². The summed E-state index contributed by atoms with van der Waals surface area (Å²) in [4.78, 5) is 12.6. The highest BCUT2D eigenvalue weighted by Crippen LogP contribution is 2.40. The summed E-state index contributed by atoms with van der Waals surface area (Å²) in [7, 11) is 1.64. The van der Waals surface area contributed by atoms with Gasteiger partial charge in [-0.25, -0.2) is 0 Å². The number of hydrogen-bond acceptors (Lipinski definition) is 4. The number of halogens is 1. The van der Waals surface area contributed by atoms with E-state index in [0.29, 0.717) is 28.6 Å². The molecule has 1 aromatic heterocycles. The molecule has 0 fully saturated rings. The third-order valence-electron chi connectivity index (χ3n) is 5.26. The lowest BCUT2D eigenvalue weighted by Crippen LogP contribution is -2.08. The maximum Gasteiger partial charge on any atom is 0.248 e. The van der Waals surface area contributed by atoms with Gasteiger partial charge in [-0.15, -0.1) is 0 Å². The van der Waals surface area contributed by atoms with E-state index in [1.807, 2.05) is 50.2 Å². The molecule has 6 heteroatoms. The summed E-state index contributed by atoms with van der Waals surface area (Å²) in [5.41, 5.74) is 4.78. The van der Waals surface area contributed by atoms with Crippen LogP contribution in [-0.4, -0.2) is 19.6 Å². The molecule has 33 heavy (non-hydrogen) atoms. The first-order valence-electron chi connectivity index (χ1n) is 10.6. The fourth-order valence-electron chi connectivity index (χ4n) is 3.70. The minimum Gasteiger partial charge on any atom is -0.496 e. The number of nitrogens with one attached hydrogen (secondary N) is 1. The molecule has 3 aromatic carbocycles. The number of furan rings is 1. The summed E-state index contributed by atoms with van der Waals surface area (Å²) in [6.07, 6.45) is 3.27. The Hall–Kier alpha value is -3.70. The van der Waals surface area contributed by atoms with Crippen LogP contribution in [0.3, 0.4) is 0 Å². The molecule has 1 amide bonds. The van der Waals surface area contributed by atoms with Gasteiger partial charge in [0.1, 0.15) is 17.1 Å². The molecule has 1 heterocycles. The van der Waals surface area contributed by atoms with Gasteiger partial charge in [0.05, 0.1) is 20.0 Å². The highest BCUT2D eigenvalue weighted by molar-refractivity contribution is 6.30. The molecule has 1 N–H and O–H groups in total. The average Bonchev–Trinajstić information content (AvgIpc) is 3.22. The van der Waals surface area contributed by atoms with Crippen LogP contribution in [0.25, 0.3) is 27.7 Å². The lowest BCUT2D eigenvalue weighted by atomic mass is 9.98. The van der Waals surface area contributed by atoms with E-state index in [2.05, 4.69) is 5.32 Å². The third-order valence-corrected chi connectivity index (χ3v) is 5.51. The van der Waals surface area contributed by atoms with Crippen LogP contribution in [0.2, 0.25) is 5.02 Å². The van der Waals surface area contributed by atoms with E-state index >= 15 is 0 Å². The van der Waals surface area contributed by atoms with Crippen molar-refractivity contribution in [2.75, 3.05) is 19.0 Å². The molecule has 0 saturated carbocycles. The molecule has 0 aliphatic heterocycles. The molecule has 0 radical (unpaired) electrons. The Bertz CT molecular complexity index is 1320. The molecule has 4 aromatic rings. The number of hydrogen-bond donors (Lipinski definition) is 1. The van der Waals surface area contributed by atoms with Gasteiger partial charge in [0.15, 0.2) is 0 Å². The van der Waals surface area contributed by atoms with Crippen molar-refractivity contribution < 1.29 is 18.7 Å². The highest BCUT2D eigenvalue weighted by atomic mass is 35.5. The summed E-state index contributed by atoms with van der Waals surface area (Å²) in [6, 6.07) is 18.6. The number of ether oxygens (including phenoxy) is 2. The van der Waals surface area contributed by atoms with Crippen molar-refractivity contribution in [1.29, 1.82) is 0 Å². The second-order valence-corrected chi connectivity index (χ2v) is 7.89. The average molecular weight is 462 g/mol. The largest absolute Gasteiger partial charge is 0.496 e. The van der Waals surface area contributed by atoms with Crippen LogP contribution in [0, 0.1) is 0 Å². The lowest BCUT2D eigenvalue weighted by molar-refractivity contribution is -0.111. The van der Waals surface area contributed by atoms with E-state index in [1.165, 1.54) is 0 Å². The fourth-order valence-corrected chi connectivity index (χ4v) is 3.83. The maximum absolute atomic E-state index is 12.6. The second-order valence-electron chi connectivity index (χ2n) is 7.45. The van der Waals surface area contributed by atoms with Crippen LogP contribution in [0.5, 0.6) is 11.5 Å². The van der Waals surface area contributed by atoms with Gasteiger partial charge in [-0.05, 0) is 55.8 Å². The molecule has 0 bridgehead atoms. The predicted molar refractivity (Wildman–Crippen MR) is 133 cm³/mol. The predicted octanol–water partition coefficient (Wildman–Crippen LogP) is 7.20. The number of amides is 1. The summed E-state index contributed by atoms with van der Waals surface area (Å²) in [6.45, 7) is 4.29. The Balaban J connectivity index is 1.74. The zero-order valence-electron chi connectivity index (χ0n) is 18.6. The van der Waals surface area contributed by atoms with Gasteiger partial charge in [-0.3, -0.25) is 4.79 Å². The fraction of sp³-hybridized carbons (Fsp3) is 0.148. The normalized spacial score (nSPS) is 11.5. The molecular weight excluding hydrogens is 438 g/mol. The molecule has 0 spiro atoms. The number of para-hydroxylation sites is 1. The van der Waals surface area contributed by atoms with Gasteiger partial charge in [0.25, 0.3) is 0 Å². The molecule has 0 saturated heterocycles. The van der Waals surface area contributed by atoms with Crippen molar-refractivity contribution in [3.63, 3.8) is 0 Å². The number of anilines is 1. The van der Waals surface area contributed by atoms with Crippen molar-refractivity contribution in [3.8, 4) is 22.6 Å². The summed E-state index contributed by atoms with van der Waals surface area (Å²) < 4.78 is 17.3. The summed E-state index contributed by atoms with van der Waals surface area (Å²) in [5.74, 6) is 1.17. The van der Waals surface area contributed by atoms with Crippen LogP contribution in [0.1, 0.15) is 19.4 Å². The van der Waals surface area contributed by atoms with E-state index in [4.69, 9.17) is 25.5 Å². The Morgan fingerprint density at radius 2 is 1.82 bits per heavy atom. The number of methoxy groups -OCH3 is 1. The Morgan fingerprint density at radius 1 is 1.06 bits per heavy atom. The molecule has 168 valence electrons. The van der Waals surface area contributed by atoms with Crippen molar-refractivity contribution >= 4 is 39.7 Å². The lowest BCUT2D eigenvalue weighted by Gasteiger charge is -2.12. The number of fused-ring (bicyclic) bond motifs is 1. The number of allylic oxidation sites excluding steroid dienone is 1. The van der Waals surface area contributed by atoms with Gasteiger partial charge in [-0.2, -0.15) is 0 Å². The molecule has 5 nitrogen and oxygen atoms in total. The van der Waals surface area contributed by atoms with Crippen LogP contribution < -0.4 is 14.8 Å². The topological polar surface area (TPSA) is 60.7 Å². The van der Waals surface area contributed by atoms with Gasteiger partial charge in [-0.1, -0.05) is 29.8 Å². The molecule has 0 aliphatic rings. The zero-order valence-corrected chi connectivity index (χ0v) is 19.4. The second kappa shape index (κ2) is 9.84. The molecular formula is C27H24ClNO4. The number of carbonyl (C=O) groups excluding carboxylic acids is 1. The minimum atomic E-state index is -0.241. The number of rotatable bonds is 7. The summed E-state index contributed by atoms with van der Waals surface area (Å²) >= 11 is 5.92. The van der Waals surface area contributed by atoms with Crippen molar-refractivity contribution in [3.05, 3.63) is 83.6 Å². The van der Waals surface area contributed by atoms with Crippen LogP contribution in [0.4, 0.5) is 5.69 Å². The van der Waals surface area contributed by atoms with Gasteiger partial charge in [0.2, 0.25) is 5.91 Å². The quantitative estimate of drug-likeness (QED) is 0.295. The number of benzene rings is 3. The SMILES string of the molecule is CCOc1cc2occ(-c3ccccc3OC)c2cc1/C(C)=C/C(=O)Nc1ccc(Cl)cc1. The molecule has 0 unspecified atom stereocenters. The van der Waals surface area contributed by atoms with E-state index in [0.717, 1.165) is 33.4 Å². The first kappa shape index (κ1) is 22.5. The molecule has 0 atom stereocenters. The maximum atomic E-state index is 12.6. The number of carbonyl (C=O) groups is 1. The van der Waals surface area contributed by atoms with Gasteiger partial charge < -0.3 is 19.2 Å². The van der Waals surface area contributed by atoms with E-state index in [9.17, 15) is 4.79 Å². The standard InChI is InChI=1S/C27H24ClNO4/c1-4-32-25-15-26-22(23(16-33-26)20-7-5-6-8-24(20)31-3)14-21(25)17(2)13-27(30)29-19-11-9-18(28)10-12-19/h5-16H,4H2,1-3H3,(H,29,30)/b17-13+. The van der Waals surface area contributed by atoms with E-state index in [-0.39, 0.29) is 5.91 Å². The monoisotopic (exact) mass is 461 g/mol.